The summed E-state index contributed by atoms with van der Waals surface area (Å²) in [4.78, 5) is 0. The molecule has 2 N–H and O–H groups in total. The summed E-state index contributed by atoms with van der Waals surface area (Å²) in [6.07, 6.45) is -0.578. The SMILES string of the molecule is CC(C)(C)OC(O)NC1CCC(F)(F)CC1. The van der Waals surface area contributed by atoms with Crippen LogP contribution in [-0.4, -0.2) is 29.1 Å². The molecule has 96 valence electrons. The van der Waals surface area contributed by atoms with Crippen LogP contribution < -0.4 is 5.32 Å². The highest BCUT2D eigenvalue weighted by molar-refractivity contribution is 4.81. The molecule has 0 aromatic heterocycles. The highest BCUT2D eigenvalue weighted by Gasteiger charge is 2.35. The molecule has 0 aromatic rings. The Morgan fingerprint density at radius 3 is 2.25 bits per heavy atom. The number of aliphatic hydroxyl groups excluding tert-OH is 1. The number of hydrogen-bond donors (Lipinski definition) is 2. The fraction of sp³-hybridized carbons (Fsp3) is 1.00. The Balaban J connectivity index is 2.28. The van der Waals surface area contributed by atoms with E-state index in [9.17, 15) is 13.9 Å². The Morgan fingerprint density at radius 2 is 1.81 bits per heavy atom. The van der Waals surface area contributed by atoms with E-state index in [0.717, 1.165) is 0 Å². The van der Waals surface area contributed by atoms with Gasteiger partial charge in [-0.3, -0.25) is 5.32 Å². The van der Waals surface area contributed by atoms with Crippen LogP contribution in [0.1, 0.15) is 46.5 Å². The van der Waals surface area contributed by atoms with E-state index in [0.29, 0.717) is 12.8 Å². The van der Waals surface area contributed by atoms with Crippen molar-refractivity contribution in [3.8, 4) is 0 Å². The van der Waals surface area contributed by atoms with Crippen molar-refractivity contribution < 1.29 is 18.6 Å². The van der Waals surface area contributed by atoms with Gasteiger partial charge in [-0.2, -0.15) is 0 Å². The van der Waals surface area contributed by atoms with Gasteiger partial charge in [-0.25, -0.2) is 8.78 Å². The fourth-order valence-corrected chi connectivity index (χ4v) is 1.78. The summed E-state index contributed by atoms with van der Waals surface area (Å²) in [7, 11) is 0. The molecule has 1 aliphatic rings. The van der Waals surface area contributed by atoms with Crippen LogP contribution in [0.4, 0.5) is 8.78 Å². The summed E-state index contributed by atoms with van der Waals surface area (Å²) in [5, 5.41) is 12.4. The molecule has 3 nitrogen and oxygen atoms in total. The first kappa shape index (κ1) is 13.8. The highest BCUT2D eigenvalue weighted by Crippen LogP contribution is 2.33. The van der Waals surface area contributed by atoms with E-state index in [-0.39, 0.29) is 18.9 Å². The average molecular weight is 237 g/mol. The number of nitrogens with one attached hydrogen (secondary N) is 1. The third kappa shape index (κ3) is 5.18. The molecule has 0 radical (unpaired) electrons. The summed E-state index contributed by atoms with van der Waals surface area (Å²) in [5.74, 6) is -2.53. The van der Waals surface area contributed by atoms with E-state index in [2.05, 4.69) is 5.32 Å². The maximum Gasteiger partial charge on any atom is 0.248 e. The number of halogens is 2. The predicted molar refractivity (Wildman–Crippen MR) is 57.2 cm³/mol. The van der Waals surface area contributed by atoms with Gasteiger partial charge < -0.3 is 9.84 Å². The number of alkyl halides is 2. The van der Waals surface area contributed by atoms with Gasteiger partial charge in [0.05, 0.1) is 5.60 Å². The van der Waals surface area contributed by atoms with Gasteiger partial charge in [-0.15, -0.1) is 0 Å². The van der Waals surface area contributed by atoms with Crippen molar-refractivity contribution in [2.75, 3.05) is 0 Å². The van der Waals surface area contributed by atoms with Crippen LogP contribution in [0.25, 0.3) is 0 Å². The quantitative estimate of drug-likeness (QED) is 0.740. The zero-order valence-corrected chi connectivity index (χ0v) is 10.1. The van der Waals surface area contributed by atoms with Crippen LogP contribution in [0.5, 0.6) is 0 Å². The number of rotatable bonds is 3. The van der Waals surface area contributed by atoms with E-state index >= 15 is 0 Å². The monoisotopic (exact) mass is 237 g/mol. The zero-order chi connectivity index (χ0) is 12.4. The van der Waals surface area contributed by atoms with Crippen molar-refractivity contribution in [2.24, 2.45) is 0 Å². The van der Waals surface area contributed by atoms with Gasteiger partial charge in [0.15, 0.2) is 0 Å². The molecule has 1 rings (SSSR count). The molecular formula is C11H21F2NO2. The van der Waals surface area contributed by atoms with Gasteiger partial charge in [-0.1, -0.05) is 0 Å². The Kier molecular flexibility index (Phi) is 4.26. The lowest BCUT2D eigenvalue weighted by molar-refractivity contribution is -0.188. The largest absolute Gasteiger partial charge is 0.356 e. The maximum atomic E-state index is 12.9. The van der Waals surface area contributed by atoms with Crippen LogP contribution in [0.2, 0.25) is 0 Å². The van der Waals surface area contributed by atoms with Crippen LogP contribution in [-0.2, 0) is 4.74 Å². The molecule has 0 aliphatic heterocycles. The Hall–Kier alpha value is -0.260. The lowest BCUT2D eigenvalue weighted by Crippen LogP contribution is -2.46. The van der Waals surface area contributed by atoms with Crippen molar-refractivity contribution in [1.29, 1.82) is 0 Å². The Labute approximate surface area is 95.2 Å². The predicted octanol–water partition coefficient (Wildman–Crippen LogP) is 2.24. The van der Waals surface area contributed by atoms with Crippen LogP contribution in [0, 0.1) is 0 Å². The summed E-state index contributed by atoms with van der Waals surface area (Å²) < 4.78 is 31.0. The van der Waals surface area contributed by atoms with Gasteiger partial charge in [-0.05, 0) is 33.6 Å². The smallest absolute Gasteiger partial charge is 0.248 e. The van der Waals surface area contributed by atoms with Gasteiger partial charge >= 0.3 is 0 Å². The molecule has 1 saturated carbocycles. The van der Waals surface area contributed by atoms with Crippen LogP contribution >= 0.6 is 0 Å². The molecular weight excluding hydrogens is 216 g/mol. The van der Waals surface area contributed by atoms with Gasteiger partial charge in [0.1, 0.15) is 0 Å². The van der Waals surface area contributed by atoms with Gasteiger partial charge in [0, 0.05) is 18.9 Å². The lowest BCUT2D eigenvalue weighted by Gasteiger charge is -2.32. The molecule has 0 spiro atoms. The standard InChI is InChI=1S/C11H21F2NO2/c1-10(2,3)16-9(15)14-8-4-6-11(12,13)7-5-8/h8-9,14-15H,4-7H2,1-3H3. The molecule has 5 heteroatoms. The molecule has 0 bridgehead atoms. The normalized spacial score (nSPS) is 24.4. The van der Waals surface area contributed by atoms with Crippen molar-refractivity contribution in [3.05, 3.63) is 0 Å². The third-order valence-corrected chi connectivity index (χ3v) is 2.56. The van der Waals surface area contributed by atoms with E-state index in [1.807, 2.05) is 20.8 Å². The highest BCUT2D eigenvalue weighted by atomic mass is 19.3. The molecule has 0 aromatic carbocycles. The second-order valence-electron chi connectivity index (χ2n) is 5.38. The van der Waals surface area contributed by atoms with Crippen molar-refractivity contribution in [2.45, 2.75) is 70.4 Å². The number of hydrogen-bond acceptors (Lipinski definition) is 3. The minimum Gasteiger partial charge on any atom is -0.356 e. The van der Waals surface area contributed by atoms with Gasteiger partial charge in [0.25, 0.3) is 0 Å². The summed E-state index contributed by atoms with van der Waals surface area (Å²) >= 11 is 0. The fourth-order valence-electron chi connectivity index (χ4n) is 1.78. The lowest BCUT2D eigenvalue weighted by atomic mass is 9.92. The third-order valence-electron chi connectivity index (χ3n) is 2.56. The molecule has 1 fully saturated rings. The van der Waals surface area contributed by atoms with E-state index < -0.39 is 17.9 Å². The molecule has 0 saturated heterocycles. The van der Waals surface area contributed by atoms with Crippen LogP contribution in [0.3, 0.4) is 0 Å². The molecule has 16 heavy (non-hydrogen) atoms. The first-order chi connectivity index (χ1) is 7.18. The zero-order valence-electron chi connectivity index (χ0n) is 10.1. The minimum absolute atomic E-state index is 0.0861. The number of ether oxygens (including phenoxy) is 1. The number of aliphatic hydroxyl groups is 1. The Bertz CT molecular complexity index is 219. The van der Waals surface area contributed by atoms with E-state index in [1.165, 1.54) is 0 Å². The topological polar surface area (TPSA) is 41.5 Å². The first-order valence-electron chi connectivity index (χ1n) is 5.68. The summed E-state index contributed by atoms with van der Waals surface area (Å²) in [6.45, 7) is 5.48. The Morgan fingerprint density at radius 1 is 1.31 bits per heavy atom. The van der Waals surface area contributed by atoms with E-state index in [1.54, 1.807) is 0 Å². The molecule has 0 amide bonds. The van der Waals surface area contributed by atoms with Crippen molar-refractivity contribution >= 4 is 0 Å². The second kappa shape index (κ2) is 4.94. The van der Waals surface area contributed by atoms with Crippen molar-refractivity contribution in [3.63, 3.8) is 0 Å². The van der Waals surface area contributed by atoms with Crippen molar-refractivity contribution in [1.82, 2.24) is 5.32 Å². The minimum atomic E-state index is -2.53. The second-order valence-corrected chi connectivity index (χ2v) is 5.38. The summed E-state index contributed by atoms with van der Waals surface area (Å²) in [6, 6.07) is -0.0861. The maximum absolute atomic E-state index is 12.9. The van der Waals surface area contributed by atoms with E-state index in [4.69, 9.17) is 4.74 Å². The average Bonchev–Trinajstić information content (AvgIpc) is 2.05. The molecule has 1 atom stereocenters. The molecule has 0 heterocycles. The van der Waals surface area contributed by atoms with Crippen LogP contribution in [0.15, 0.2) is 0 Å². The van der Waals surface area contributed by atoms with Gasteiger partial charge in [0.2, 0.25) is 12.3 Å². The summed E-state index contributed by atoms with van der Waals surface area (Å²) in [5.41, 5.74) is -0.453. The molecule has 1 aliphatic carbocycles. The molecule has 1 unspecified atom stereocenters. The first-order valence-corrected chi connectivity index (χ1v) is 5.68.